The third-order valence-electron chi connectivity index (χ3n) is 4.15. The number of carbonyl (C=O) groups excluding carboxylic acids is 1. The van der Waals surface area contributed by atoms with Crippen LogP contribution in [-0.2, 0) is 16.1 Å². The number of halogens is 1. The van der Waals surface area contributed by atoms with Gasteiger partial charge in [0.2, 0.25) is 5.91 Å². The number of hydrogen-bond donors (Lipinski definition) is 1. The zero-order chi connectivity index (χ0) is 18.0. The van der Waals surface area contributed by atoms with E-state index in [0.29, 0.717) is 24.8 Å². The van der Waals surface area contributed by atoms with E-state index in [-0.39, 0.29) is 11.9 Å². The Labute approximate surface area is 155 Å². The van der Waals surface area contributed by atoms with Crippen LogP contribution in [0.2, 0.25) is 0 Å². The first-order valence-electron chi connectivity index (χ1n) is 8.15. The van der Waals surface area contributed by atoms with Gasteiger partial charge >= 0.3 is 0 Å². The third kappa shape index (κ3) is 3.99. The summed E-state index contributed by atoms with van der Waals surface area (Å²) >= 11 is 3.50. The Morgan fingerprint density at radius 3 is 2.84 bits per heavy atom. The van der Waals surface area contributed by atoms with E-state index in [1.165, 1.54) is 0 Å². The molecule has 25 heavy (non-hydrogen) atoms. The maximum Gasteiger partial charge on any atom is 0.249 e. The van der Waals surface area contributed by atoms with Gasteiger partial charge in [-0.05, 0) is 44.0 Å². The molecule has 1 aromatic carbocycles. The van der Waals surface area contributed by atoms with Gasteiger partial charge in [0.05, 0.1) is 0 Å². The maximum atomic E-state index is 12.8. The van der Waals surface area contributed by atoms with Crippen LogP contribution in [0.15, 0.2) is 28.7 Å². The van der Waals surface area contributed by atoms with Crippen LogP contribution in [0.1, 0.15) is 23.5 Å². The lowest BCUT2D eigenvalue weighted by atomic mass is 10.2. The van der Waals surface area contributed by atoms with Gasteiger partial charge in [0.25, 0.3) is 0 Å². The lowest BCUT2D eigenvalue weighted by Crippen LogP contribution is -2.33. The zero-order valence-corrected chi connectivity index (χ0v) is 16.1. The van der Waals surface area contributed by atoms with Gasteiger partial charge in [-0.25, -0.2) is 9.97 Å². The molecule has 0 saturated carbocycles. The Bertz CT molecular complexity index is 797. The number of aromatic nitrogens is 2. The van der Waals surface area contributed by atoms with Crippen molar-refractivity contribution in [3.8, 4) is 0 Å². The number of amides is 1. The number of nitrogens with one attached hydrogen (secondary N) is 1. The number of rotatable bonds is 5. The molecule has 0 aliphatic carbocycles. The van der Waals surface area contributed by atoms with Crippen molar-refractivity contribution in [3.63, 3.8) is 0 Å². The van der Waals surface area contributed by atoms with Crippen molar-refractivity contribution < 1.29 is 9.53 Å². The Balaban J connectivity index is 1.75. The highest BCUT2D eigenvalue weighted by molar-refractivity contribution is 9.10. The van der Waals surface area contributed by atoms with E-state index in [1.54, 1.807) is 7.11 Å². The second-order valence-corrected chi connectivity index (χ2v) is 7.01. The number of benzene rings is 1. The van der Waals surface area contributed by atoms with E-state index >= 15 is 0 Å². The summed E-state index contributed by atoms with van der Waals surface area (Å²) in [6, 6.07) is 7.52. The number of methoxy groups -OCH3 is 1. The third-order valence-corrected chi connectivity index (χ3v) is 5.04. The van der Waals surface area contributed by atoms with Crippen molar-refractivity contribution in [3.05, 3.63) is 45.8 Å². The van der Waals surface area contributed by atoms with E-state index < -0.39 is 0 Å². The van der Waals surface area contributed by atoms with E-state index in [1.807, 2.05) is 43.0 Å². The number of aryl methyl sites for hydroxylation is 2. The molecule has 0 radical (unpaired) electrons. The van der Waals surface area contributed by atoms with Crippen molar-refractivity contribution in [1.82, 2.24) is 9.97 Å². The number of hydrogen-bond acceptors (Lipinski definition) is 5. The topological polar surface area (TPSA) is 67.3 Å². The van der Waals surface area contributed by atoms with Gasteiger partial charge < -0.3 is 15.0 Å². The molecule has 1 aliphatic heterocycles. The van der Waals surface area contributed by atoms with Crippen LogP contribution in [-0.4, -0.2) is 35.6 Å². The van der Waals surface area contributed by atoms with Crippen LogP contribution in [0.5, 0.6) is 0 Å². The summed E-state index contributed by atoms with van der Waals surface area (Å²) in [4.78, 5) is 23.3. The molecule has 1 N–H and O–H groups in total. The smallest absolute Gasteiger partial charge is 0.249 e. The second-order valence-electron chi connectivity index (χ2n) is 6.15. The Morgan fingerprint density at radius 1 is 1.32 bits per heavy atom. The monoisotopic (exact) mass is 404 g/mol. The van der Waals surface area contributed by atoms with Crippen molar-refractivity contribution in [1.29, 1.82) is 0 Å². The maximum absolute atomic E-state index is 12.8. The quantitative estimate of drug-likeness (QED) is 0.828. The number of carbonyl (C=O) groups is 1. The average molecular weight is 405 g/mol. The molecule has 6 nitrogen and oxygen atoms in total. The molecule has 1 fully saturated rings. The molecule has 0 spiro atoms. The van der Waals surface area contributed by atoms with Gasteiger partial charge in [-0.3, -0.25) is 4.79 Å². The fraction of sp³-hybridized carbons (Fsp3) is 0.389. The van der Waals surface area contributed by atoms with Gasteiger partial charge in [-0.1, -0.05) is 15.9 Å². The molecule has 1 amide bonds. The number of anilines is 2. The molecule has 3 rings (SSSR count). The van der Waals surface area contributed by atoms with Crippen LogP contribution >= 0.6 is 15.9 Å². The first kappa shape index (κ1) is 17.8. The van der Waals surface area contributed by atoms with Crippen molar-refractivity contribution >= 4 is 33.3 Å². The van der Waals surface area contributed by atoms with Crippen molar-refractivity contribution in [2.75, 3.05) is 23.9 Å². The SMILES string of the molecule is COCc1nc(C)cc(NC2CCN(c3ccc(Br)c(C)c3)C2=O)n1. The molecule has 2 aromatic rings. The Kier molecular flexibility index (Phi) is 5.34. The summed E-state index contributed by atoms with van der Waals surface area (Å²) < 4.78 is 6.13. The zero-order valence-electron chi connectivity index (χ0n) is 14.5. The molecule has 7 heteroatoms. The van der Waals surface area contributed by atoms with Crippen molar-refractivity contribution in [2.45, 2.75) is 32.9 Å². The van der Waals surface area contributed by atoms with Crippen LogP contribution in [0.25, 0.3) is 0 Å². The van der Waals surface area contributed by atoms with Crippen molar-refractivity contribution in [2.24, 2.45) is 0 Å². The molecule has 1 aliphatic rings. The Hall–Kier alpha value is -1.99. The largest absolute Gasteiger partial charge is 0.377 e. The summed E-state index contributed by atoms with van der Waals surface area (Å²) in [6.07, 6.45) is 0.733. The minimum Gasteiger partial charge on any atom is -0.377 e. The van der Waals surface area contributed by atoms with Crippen LogP contribution in [0.3, 0.4) is 0 Å². The predicted molar refractivity (Wildman–Crippen MR) is 101 cm³/mol. The first-order chi connectivity index (χ1) is 12.0. The van der Waals surface area contributed by atoms with Gasteiger partial charge in [-0.15, -0.1) is 0 Å². The van der Waals surface area contributed by atoms with Gasteiger partial charge in [0, 0.05) is 35.6 Å². The standard InChI is InChI=1S/C18H21BrN4O2/c1-11-8-13(4-5-14(11)19)23-7-6-15(18(23)24)21-16-9-12(2)20-17(22-16)10-25-3/h4-5,8-9,15H,6-7,10H2,1-3H3,(H,20,21,22). The summed E-state index contributed by atoms with van der Waals surface area (Å²) in [5.74, 6) is 1.33. The lowest BCUT2D eigenvalue weighted by molar-refractivity contribution is -0.117. The highest BCUT2D eigenvalue weighted by atomic mass is 79.9. The normalized spacial score (nSPS) is 17.2. The molecule has 1 aromatic heterocycles. The minimum atomic E-state index is -0.284. The fourth-order valence-corrected chi connectivity index (χ4v) is 3.19. The van der Waals surface area contributed by atoms with Crippen LogP contribution in [0, 0.1) is 13.8 Å². The lowest BCUT2D eigenvalue weighted by Gasteiger charge is -2.18. The predicted octanol–water partition coefficient (Wildman–Crippen LogP) is 3.22. The fourth-order valence-electron chi connectivity index (χ4n) is 2.94. The summed E-state index contributed by atoms with van der Waals surface area (Å²) in [5, 5.41) is 3.25. The number of ether oxygens (including phenoxy) is 1. The van der Waals surface area contributed by atoms with Gasteiger partial charge in [0.1, 0.15) is 18.5 Å². The summed E-state index contributed by atoms with van der Waals surface area (Å²) in [6.45, 7) is 4.95. The van der Waals surface area contributed by atoms with E-state index in [2.05, 4.69) is 31.2 Å². The molecule has 1 unspecified atom stereocenters. The molecule has 1 atom stereocenters. The molecule has 0 bridgehead atoms. The number of nitrogens with zero attached hydrogens (tertiary/aromatic N) is 3. The molecule has 2 heterocycles. The van der Waals surface area contributed by atoms with E-state index in [4.69, 9.17) is 4.74 Å². The van der Waals surface area contributed by atoms with Gasteiger partial charge in [-0.2, -0.15) is 0 Å². The second kappa shape index (κ2) is 7.49. The molecule has 1 saturated heterocycles. The summed E-state index contributed by atoms with van der Waals surface area (Å²) in [5.41, 5.74) is 2.88. The summed E-state index contributed by atoms with van der Waals surface area (Å²) in [7, 11) is 1.61. The highest BCUT2D eigenvalue weighted by Crippen LogP contribution is 2.27. The van der Waals surface area contributed by atoms with Crippen LogP contribution in [0.4, 0.5) is 11.5 Å². The van der Waals surface area contributed by atoms with Crippen LogP contribution < -0.4 is 10.2 Å². The molecular weight excluding hydrogens is 384 g/mol. The average Bonchev–Trinajstić information content (AvgIpc) is 2.91. The highest BCUT2D eigenvalue weighted by Gasteiger charge is 2.33. The van der Waals surface area contributed by atoms with E-state index in [0.717, 1.165) is 27.8 Å². The Morgan fingerprint density at radius 2 is 2.12 bits per heavy atom. The molecule has 132 valence electrons. The molecular formula is C18H21BrN4O2. The first-order valence-corrected chi connectivity index (χ1v) is 8.95. The minimum absolute atomic E-state index is 0.0614. The van der Waals surface area contributed by atoms with E-state index in [9.17, 15) is 4.79 Å². The van der Waals surface area contributed by atoms with Gasteiger partial charge in [0.15, 0.2) is 5.82 Å².